The minimum absolute atomic E-state index is 0.0129. The summed E-state index contributed by atoms with van der Waals surface area (Å²) in [6.45, 7) is 4.67. The molecule has 100 valence electrons. The van der Waals surface area contributed by atoms with E-state index in [-0.39, 0.29) is 5.60 Å². The number of benzene rings is 1. The quantitative estimate of drug-likeness (QED) is 0.784. The van der Waals surface area contributed by atoms with Gasteiger partial charge in [-0.2, -0.15) is 0 Å². The van der Waals surface area contributed by atoms with Crippen LogP contribution >= 0.6 is 0 Å². The lowest BCUT2D eigenvalue weighted by molar-refractivity contribution is 0.0206. The van der Waals surface area contributed by atoms with Crippen LogP contribution in [0.1, 0.15) is 25.3 Å². The normalized spacial score (nSPS) is 23.2. The summed E-state index contributed by atoms with van der Waals surface area (Å²) in [6.07, 6.45) is 2.28. The van der Waals surface area contributed by atoms with E-state index in [0.29, 0.717) is 0 Å². The van der Waals surface area contributed by atoms with Gasteiger partial charge in [0.05, 0.1) is 12.7 Å². The lowest BCUT2D eigenvalue weighted by atomic mass is 10.0. The van der Waals surface area contributed by atoms with Gasteiger partial charge in [0.15, 0.2) is 0 Å². The molecule has 3 N–H and O–H groups in total. The van der Waals surface area contributed by atoms with Crippen LogP contribution in [0.3, 0.4) is 0 Å². The summed E-state index contributed by atoms with van der Waals surface area (Å²) in [4.78, 5) is 0. The largest absolute Gasteiger partial charge is 0.496 e. The van der Waals surface area contributed by atoms with Crippen LogP contribution in [-0.2, 0) is 11.3 Å². The average Bonchev–Trinajstić information content (AvgIpc) is 2.78. The third-order valence-electron chi connectivity index (χ3n) is 3.43. The first-order valence-electron chi connectivity index (χ1n) is 6.40. The van der Waals surface area contributed by atoms with Crippen LogP contribution in [0.2, 0.25) is 0 Å². The molecule has 1 unspecified atom stereocenters. The summed E-state index contributed by atoms with van der Waals surface area (Å²) >= 11 is 0. The number of nitrogen functional groups attached to an aromatic ring is 1. The SMILES string of the molecule is COc1cc(N)ccc1CNCC1(C)CCCO1. The van der Waals surface area contributed by atoms with Crippen LogP contribution in [0.15, 0.2) is 18.2 Å². The minimum atomic E-state index is -0.0129. The molecule has 1 atom stereocenters. The molecule has 18 heavy (non-hydrogen) atoms. The van der Waals surface area contributed by atoms with Gasteiger partial charge in [0, 0.05) is 37.0 Å². The maximum Gasteiger partial charge on any atom is 0.125 e. The smallest absolute Gasteiger partial charge is 0.125 e. The molecule has 0 amide bonds. The highest BCUT2D eigenvalue weighted by Gasteiger charge is 2.29. The fourth-order valence-corrected chi connectivity index (χ4v) is 2.35. The van der Waals surface area contributed by atoms with E-state index in [4.69, 9.17) is 15.2 Å². The Kier molecular flexibility index (Phi) is 4.09. The second-order valence-corrected chi connectivity index (χ2v) is 5.08. The second-order valence-electron chi connectivity index (χ2n) is 5.08. The molecule has 1 aromatic rings. The number of anilines is 1. The first kappa shape index (κ1) is 13.2. The van der Waals surface area contributed by atoms with Gasteiger partial charge in [0.25, 0.3) is 0 Å². The van der Waals surface area contributed by atoms with Crippen LogP contribution in [0.5, 0.6) is 5.75 Å². The molecule has 0 saturated carbocycles. The molecule has 0 bridgehead atoms. The lowest BCUT2D eigenvalue weighted by Crippen LogP contribution is -2.36. The molecular formula is C14H22N2O2. The maximum atomic E-state index is 5.74. The first-order valence-corrected chi connectivity index (χ1v) is 6.40. The van der Waals surface area contributed by atoms with Crippen LogP contribution < -0.4 is 15.8 Å². The predicted molar refractivity (Wildman–Crippen MR) is 72.7 cm³/mol. The molecule has 2 rings (SSSR count). The van der Waals surface area contributed by atoms with Gasteiger partial charge in [-0.15, -0.1) is 0 Å². The van der Waals surface area contributed by atoms with E-state index >= 15 is 0 Å². The van der Waals surface area contributed by atoms with Crippen molar-refractivity contribution in [1.29, 1.82) is 0 Å². The third kappa shape index (κ3) is 3.15. The number of methoxy groups -OCH3 is 1. The Morgan fingerprint density at radius 1 is 1.50 bits per heavy atom. The van der Waals surface area contributed by atoms with Gasteiger partial charge >= 0.3 is 0 Å². The van der Waals surface area contributed by atoms with E-state index < -0.39 is 0 Å². The van der Waals surface area contributed by atoms with E-state index in [2.05, 4.69) is 12.2 Å². The van der Waals surface area contributed by atoms with Crippen molar-refractivity contribution in [1.82, 2.24) is 5.32 Å². The fourth-order valence-electron chi connectivity index (χ4n) is 2.35. The van der Waals surface area contributed by atoms with E-state index in [1.54, 1.807) is 7.11 Å². The Labute approximate surface area is 108 Å². The summed E-state index contributed by atoms with van der Waals surface area (Å²) in [6, 6.07) is 5.75. The van der Waals surface area contributed by atoms with Gasteiger partial charge in [0.1, 0.15) is 5.75 Å². The summed E-state index contributed by atoms with van der Waals surface area (Å²) in [5.41, 5.74) is 7.56. The molecule has 1 fully saturated rings. The highest BCUT2D eigenvalue weighted by Crippen LogP contribution is 2.25. The number of hydrogen-bond acceptors (Lipinski definition) is 4. The first-order chi connectivity index (χ1) is 8.63. The number of hydrogen-bond donors (Lipinski definition) is 2. The zero-order valence-electron chi connectivity index (χ0n) is 11.2. The Balaban J connectivity index is 1.90. The van der Waals surface area contributed by atoms with Gasteiger partial charge in [-0.1, -0.05) is 6.07 Å². The van der Waals surface area contributed by atoms with Gasteiger partial charge in [-0.05, 0) is 25.8 Å². The lowest BCUT2D eigenvalue weighted by Gasteiger charge is -2.23. The van der Waals surface area contributed by atoms with Gasteiger partial charge < -0.3 is 20.5 Å². The highest BCUT2D eigenvalue weighted by molar-refractivity contribution is 5.48. The predicted octanol–water partition coefficient (Wildman–Crippen LogP) is 1.94. The van der Waals surface area contributed by atoms with Crippen molar-refractivity contribution in [3.05, 3.63) is 23.8 Å². The molecule has 0 aliphatic carbocycles. The van der Waals surface area contributed by atoms with Crippen molar-refractivity contribution in [3.8, 4) is 5.75 Å². The average molecular weight is 250 g/mol. The van der Waals surface area contributed by atoms with Crippen molar-refractivity contribution in [2.24, 2.45) is 0 Å². The van der Waals surface area contributed by atoms with Gasteiger partial charge in [0.2, 0.25) is 0 Å². The van der Waals surface area contributed by atoms with Crippen LogP contribution in [0, 0.1) is 0 Å². The fraction of sp³-hybridized carbons (Fsp3) is 0.571. The Morgan fingerprint density at radius 3 is 3.00 bits per heavy atom. The standard InChI is InChI=1S/C14H22N2O2/c1-14(6-3-7-18-14)10-16-9-11-4-5-12(15)8-13(11)17-2/h4-5,8,16H,3,6-7,9-10,15H2,1-2H3. The maximum absolute atomic E-state index is 5.74. The molecule has 4 nitrogen and oxygen atoms in total. The molecule has 1 heterocycles. The topological polar surface area (TPSA) is 56.5 Å². The summed E-state index contributed by atoms with van der Waals surface area (Å²) in [7, 11) is 1.67. The van der Waals surface area contributed by atoms with E-state index in [1.165, 1.54) is 0 Å². The van der Waals surface area contributed by atoms with Crippen molar-refractivity contribution in [2.75, 3.05) is 26.0 Å². The minimum Gasteiger partial charge on any atom is -0.496 e. The van der Waals surface area contributed by atoms with Crippen molar-refractivity contribution in [2.45, 2.75) is 31.9 Å². The monoisotopic (exact) mass is 250 g/mol. The molecule has 1 aliphatic heterocycles. The van der Waals surface area contributed by atoms with Crippen molar-refractivity contribution in [3.63, 3.8) is 0 Å². The number of nitrogens with one attached hydrogen (secondary N) is 1. The number of rotatable bonds is 5. The molecule has 0 spiro atoms. The second kappa shape index (κ2) is 5.59. The van der Waals surface area contributed by atoms with Crippen LogP contribution in [0.25, 0.3) is 0 Å². The van der Waals surface area contributed by atoms with E-state index in [0.717, 1.165) is 49.5 Å². The molecule has 1 aliphatic rings. The third-order valence-corrected chi connectivity index (χ3v) is 3.43. The van der Waals surface area contributed by atoms with Crippen LogP contribution in [-0.4, -0.2) is 25.9 Å². The van der Waals surface area contributed by atoms with Crippen molar-refractivity contribution < 1.29 is 9.47 Å². The molecule has 4 heteroatoms. The van der Waals surface area contributed by atoms with E-state index in [1.807, 2.05) is 18.2 Å². The van der Waals surface area contributed by atoms with Crippen molar-refractivity contribution >= 4 is 5.69 Å². The van der Waals surface area contributed by atoms with Gasteiger partial charge in [-0.25, -0.2) is 0 Å². The zero-order chi connectivity index (χ0) is 13.0. The summed E-state index contributed by atoms with van der Waals surface area (Å²) < 4.78 is 11.1. The Hall–Kier alpha value is -1.26. The number of ether oxygens (including phenoxy) is 2. The Bertz CT molecular complexity index is 401. The molecular weight excluding hydrogens is 228 g/mol. The number of nitrogens with two attached hydrogens (primary N) is 1. The molecule has 0 aromatic heterocycles. The zero-order valence-corrected chi connectivity index (χ0v) is 11.2. The molecule has 0 radical (unpaired) electrons. The molecule has 1 saturated heterocycles. The van der Waals surface area contributed by atoms with Gasteiger partial charge in [-0.3, -0.25) is 0 Å². The Morgan fingerprint density at radius 2 is 2.33 bits per heavy atom. The molecule has 1 aromatic carbocycles. The van der Waals surface area contributed by atoms with Crippen LogP contribution in [0.4, 0.5) is 5.69 Å². The summed E-state index contributed by atoms with van der Waals surface area (Å²) in [5.74, 6) is 0.833. The summed E-state index contributed by atoms with van der Waals surface area (Å²) in [5, 5.41) is 3.43. The van der Waals surface area contributed by atoms with E-state index in [9.17, 15) is 0 Å². The highest BCUT2D eigenvalue weighted by atomic mass is 16.5.